The minimum atomic E-state index is 0.349. The molecule has 0 spiro atoms. The Kier molecular flexibility index (Phi) is 7.02. The van der Waals surface area contributed by atoms with Crippen LogP contribution in [0.15, 0.2) is 18.2 Å². The van der Waals surface area contributed by atoms with Crippen LogP contribution < -0.4 is 5.32 Å². The van der Waals surface area contributed by atoms with Gasteiger partial charge in [-0.2, -0.15) is 0 Å². The Morgan fingerprint density at radius 3 is 2.50 bits per heavy atom. The molecule has 0 saturated heterocycles. The first kappa shape index (κ1) is 15.8. The van der Waals surface area contributed by atoms with Gasteiger partial charge in [-0.1, -0.05) is 36.2 Å². The van der Waals surface area contributed by atoms with Crippen LogP contribution >= 0.6 is 23.2 Å². The lowest BCUT2D eigenvalue weighted by atomic mass is 10.0. The molecule has 0 heterocycles. The number of rotatable bonds is 7. The van der Waals surface area contributed by atoms with Gasteiger partial charge in [0.15, 0.2) is 0 Å². The second-order valence-electron chi connectivity index (χ2n) is 4.75. The van der Waals surface area contributed by atoms with E-state index in [-0.39, 0.29) is 0 Å². The Labute approximate surface area is 120 Å². The molecule has 1 aromatic rings. The molecule has 2 nitrogen and oxygen atoms in total. The fraction of sp³-hybridized carbons (Fsp3) is 0.571. The maximum atomic E-state index is 6.05. The minimum Gasteiger partial charge on any atom is -0.310 e. The van der Waals surface area contributed by atoms with Gasteiger partial charge in [0, 0.05) is 6.04 Å². The van der Waals surface area contributed by atoms with Crippen molar-refractivity contribution < 1.29 is 0 Å². The zero-order valence-electron chi connectivity index (χ0n) is 11.3. The number of hydrogen-bond acceptors (Lipinski definition) is 2. The van der Waals surface area contributed by atoms with E-state index in [0.29, 0.717) is 16.1 Å². The summed E-state index contributed by atoms with van der Waals surface area (Å²) in [6, 6.07) is 6.21. The summed E-state index contributed by atoms with van der Waals surface area (Å²) in [5.41, 5.74) is 1.21. The van der Waals surface area contributed by atoms with Crippen molar-refractivity contribution in [1.82, 2.24) is 10.2 Å². The second-order valence-corrected chi connectivity index (χ2v) is 5.56. The first-order valence-electron chi connectivity index (χ1n) is 6.37. The van der Waals surface area contributed by atoms with Gasteiger partial charge in [-0.25, -0.2) is 0 Å². The Bertz CT molecular complexity index is 367. The molecule has 0 amide bonds. The van der Waals surface area contributed by atoms with E-state index in [9.17, 15) is 0 Å². The highest BCUT2D eigenvalue weighted by Crippen LogP contribution is 2.26. The predicted molar refractivity (Wildman–Crippen MR) is 80.7 cm³/mol. The number of halogens is 2. The van der Waals surface area contributed by atoms with E-state index in [1.165, 1.54) is 5.56 Å². The van der Waals surface area contributed by atoms with Gasteiger partial charge in [-0.05, 0) is 57.7 Å². The monoisotopic (exact) mass is 288 g/mol. The Morgan fingerprint density at radius 1 is 1.22 bits per heavy atom. The smallest absolute Gasteiger partial charge is 0.0595 e. The molecule has 0 radical (unpaired) electrons. The highest BCUT2D eigenvalue weighted by molar-refractivity contribution is 6.42. The molecule has 1 aromatic carbocycles. The Balaban J connectivity index is 2.52. The average molecular weight is 289 g/mol. The first-order valence-corrected chi connectivity index (χ1v) is 7.13. The molecule has 0 saturated carbocycles. The zero-order valence-corrected chi connectivity index (χ0v) is 12.9. The standard InChI is InChI=1S/C14H22Cl2N2/c1-4-14(17-8-5-9-18(2)3)11-6-7-12(15)13(16)10-11/h6-7,10,14,17H,4-5,8-9H2,1-3H3. The SMILES string of the molecule is CCC(NCCCN(C)C)c1ccc(Cl)c(Cl)c1. The molecular weight excluding hydrogens is 267 g/mol. The van der Waals surface area contributed by atoms with Gasteiger partial charge in [0.1, 0.15) is 0 Å². The molecule has 4 heteroatoms. The molecule has 102 valence electrons. The predicted octanol–water partition coefficient (Wildman–Crippen LogP) is 3.99. The van der Waals surface area contributed by atoms with E-state index in [2.05, 4.69) is 31.2 Å². The molecule has 0 bridgehead atoms. The van der Waals surface area contributed by atoms with E-state index < -0.39 is 0 Å². The molecule has 18 heavy (non-hydrogen) atoms. The molecule has 1 atom stereocenters. The van der Waals surface area contributed by atoms with E-state index >= 15 is 0 Å². The van der Waals surface area contributed by atoms with E-state index in [1.807, 2.05) is 18.2 Å². The summed E-state index contributed by atoms with van der Waals surface area (Å²) in [5.74, 6) is 0. The summed E-state index contributed by atoms with van der Waals surface area (Å²) in [7, 11) is 4.19. The highest BCUT2D eigenvalue weighted by atomic mass is 35.5. The summed E-state index contributed by atoms with van der Waals surface area (Å²) in [6.07, 6.45) is 2.19. The van der Waals surface area contributed by atoms with Gasteiger partial charge in [-0.3, -0.25) is 0 Å². The van der Waals surface area contributed by atoms with E-state index in [1.54, 1.807) is 0 Å². The summed E-state index contributed by atoms with van der Waals surface area (Å²) in [6.45, 7) is 4.29. The Hall–Kier alpha value is -0.280. The van der Waals surface area contributed by atoms with Crippen LogP contribution in [0, 0.1) is 0 Å². The first-order chi connectivity index (χ1) is 8.54. The van der Waals surface area contributed by atoms with Gasteiger partial charge in [0.25, 0.3) is 0 Å². The van der Waals surface area contributed by atoms with Crippen molar-refractivity contribution in [2.24, 2.45) is 0 Å². The third-order valence-corrected chi connectivity index (χ3v) is 3.67. The maximum Gasteiger partial charge on any atom is 0.0595 e. The van der Waals surface area contributed by atoms with Crippen LogP contribution in [0.2, 0.25) is 10.0 Å². The molecule has 0 aliphatic rings. The van der Waals surface area contributed by atoms with Gasteiger partial charge < -0.3 is 10.2 Å². The quantitative estimate of drug-likeness (QED) is 0.764. The second kappa shape index (κ2) is 8.00. The lowest BCUT2D eigenvalue weighted by Crippen LogP contribution is -2.25. The van der Waals surface area contributed by atoms with Crippen LogP contribution in [0.1, 0.15) is 31.4 Å². The van der Waals surface area contributed by atoms with Crippen LogP contribution in [0.25, 0.3) is 0 Å². The molecule has 1 rings (SSSR count). The van der Waals surface area contributed by atoms with Crippen molar-refractivity contribution >= 4 is 23.2 Å². The normalized spacial score (nSPS) is 13.0. The van der Waals surface area contributed by atoms with Crippen LogP contribution in [-0.2, 0) is 0 Å². The summed E-state index contributed by atoms with van der Waals surface area (Å²) in [4.78, 5) is 2.20. The van der Waals surface area contributed by atoms with Gasteiger partial charge >= 0.3 is 0 Å². The topological polar surface area (TPSA) is 15.3 Å². The van der Waals surface area contributed by atoms with Crippen molar-refractivity contribution in [3.63, 3.8) is 0 Å². The lowest BCUT2D eigenvalue weighted by molar-refractivity contribution is 0.385. The van der Waals surface area contributed by atoms with Gasteiger partial charge in [0.2, 0.25) is 0 Å². The number of benzene rings is 1. The third-order valence-electron chi connectivity index (χ3n) is 2.93. The summed E-state index contributed by atoms with van der Waals surface area (Å²) >= 11 is 12.0. The fourth-order valence-corrected chi connectivity index (χ4v) is 2.21. The molecule has 0 aliphatic carbocycles. The molecule has 0 aromatic heterocycles. The maximum absolute atomic E-state index is 6.05. The lowest BCUT2D eigenvalue weighted by Gasteiger charge is -2.19. The van der Waals surface area contributed by atoms with Gasteiger partial charge in [0.05, 0.1) is 10.0 Å². The number of hydrogen-bond donors (Lipinski definition) is 1. The van der Waals surface area contributed by atoms with Crippen LogP contribution in [-0.4, -0.2) is 32.1 Å². The molecule has 0 aliphatic heterocycles. The van der Waals surface area contributed by atoms with Gasteiger partial charge in [-0.15, -0.1) is 0 Å². The van der Waals surface area contributed by atoms with Crippen molar-refractivity contribution in [3.05, 3.63) is 33.8 Å². The fourth-order valence-electron chi connectivity index (χ4n) is 1.90. The number of nitrogens with one attached hydrogen (secondary N) is 1. The van der Waals surface area contributed by atoms with Crippen molar-refractivity contribution in [2.75, 3.05) is 27.2 Å². The van der Waals surface area contributed by atoms with Crippen molar-refractivity contribution in [2.45, 2.75) is 25.8 Å². The number of nitrogens with zero attached hydrogens (tertiary/aromatic N) is 1. The Morgan fingerprint density at radius 2 is 1.94 bits per heavy atom. The van der Waals surface area contributed by atoms with Crippen LogP contribution in [0.3, 0.4) is 0 Å². The molecular formula is C14H22Cl2N2. The molecule has 1 unspecified atom stereocenters. The third kappa shape index (κ3) is 5.15. The summed E-state index contributed by atoms with van der Waals surface area (Å²) < 4.78 is 0. The zero-order chi connectivity index (χ0) is 13.5. The largest absolute Gasteiger partial charge is 0.310 e. The highest BCUT2D eigenvalue weighted by Gasteiger charge is 2.10. The van der Waals surface area contributed by atoms with E-state index in [4.69, 9.17) is 23.2 Å². The average Bonchev–Trinajstić information content (AvgIpc) is 2.33. The van der Waals surface area contributed by atoms with Crippen molar-refractivity contribution in [3.8, 4) is 0 Å². The van der Waals surface area contributed by atoms with E-state index in [0.717, 1.165) is 25.9 Å². The molecule has 0 fully saturated rings. The van der Waals surface area contributed by atoms with Crippen LogP contribution in [0.4, 0.5) is 0 Å². The minimum absolute atomic E-state index is 0.349. The van der Waals surface area contributed by atoms with Crippen molar-refractivity contribution in [1.29, 1.82) is 0 Å². The van der Waals surface area contributed by atoms with Crippen LogP contribution in [0.5, 0.6) is 0 Å². The summed E-state index contributed by atoms with van der Waals surface area (Å²) in [5, 5.41) is 4.80. The molecule has 1 N–H and O–H groups in total.